The summed E-state index contributed by atoms with van der Waals surface area (Å²) in [6.45, 7) is 6.01. The molecule has 0 aromatic carbocycles. The Kier molecular flexibility index (Phi) is 3.59. The summed E-state index contributed by atoms with van der Waals surface area (Å²) in [5.41, 5.74) is 1.99. The van der Waals surface area contributed by atoms with Crippen LogP contribution in [0.4, 0.5) is 11.6 Å². The fourth-order valence-electron chi connectivity index (χ4n) is 3.44. The van der Waals surface area contributed by atoms with Crippen molar-refractivity contribution in [2.75, 3.05) is 23.3 Å². The van der Waals surface area contributed by atoms with E-state index in [1.165, 1.54) is 5.82 Å². The fourth-order valence-corrected chi connectivity index (χ4v) is 3.44. The van der Waals surface area contributed by atoms with Crippen molar-refractivity contribution in [2.45, 2.75) is 32.7 Å². The van der Waals surface area contributed by atoms with Crippen LogP contribution in [0.5, 0.6) is 0 Å². The molecule has 0 amide bonds. The molecule has 1 aliphatic heterocycles. The maximum absolute atomic E-state index is 4.46. The molecule has 0 aliphatic carbocycles. The first-order valence-corrected chi connectivity index (χ1v) is 8.29. The number of aromatic nitrogens is 6. The molecule has 1 fully saturated rings. The lowest BCUT2D eigenvalue weighted by molar-refractivity contribution is 0.516. The van der Waals surface area contributed by atoms with Gasteiger partial charge in [-0.05, 0) is 26.7 Å². The van der Waals surface area contributed by atoms with Crippen molar-refractivity contribution in [1.29, 1.82) is 0 Å². The van der Waals surface area contributed by atoms with Gasteiger partial charge in [-0.2, -0.15) is 19.7 Å². The second kappa shape index (κ2) is 5.77. The van der Waals surface area contributed by atoms with E-state index in [9.17, 15) is 0 Å². The molecule has 8 nitrogen and oxygen atoms in total. The van der Waals surface area contributed by atoms with E-state index in [4.69, 9.17) is 0 Å². The molecule has 24 heavy (non-hydrogen) atoms. The van der Waals surface area contributed by atoms with Crippen LogP contribution in [0.15, 0.2) is 18.5 Å². The molecule has 1 saturated heterocycles. The van der Waals surface area contributed by atoms with Crippen LogP contribution in [0.3, 0.4) is 0 Å². The molecule has 1 N–H and O–H groups in total. The Labute approximate surface area is 140 Å². The Morgan fingerprint density at radius 3 is 2.88 bits per heavy atom. The van der Waals surface area contributed by atoms with E-state index >= 15 is 0 Å². The first kappa shape index (κ1) is 14.9. The molecule has 4 rings (SSSR count). The zero-order valence-corrected chi connectivity index (χ0v) is 14.3. The van der Waals surface area contributed by atoms with E-state index in [1.54, 1.807) is 10.8 Å². The number of aryl methyl sites for hydroxylation is 3. The molecule has 1 unspecified atom stereocenters. The van der Waals surface area contributed by atoms with E-state index in [0.29, 0.717) is 11.8 Å². The number of nitrogens with one attached hydrogen (secondary N) is 1. The Balaban J connectivity index is 1.56. The summed E-state index contributed by atoms with van der Waals surface area (Å²) in [5, 5.41) is 12.4. The van der Waals surface area contributed by atoms with Crippen LogP contribution in [-0.4, -0.2) is 48.5 Å². The number of nitrogens with zero attached hydrogens (tertiary/aromatic N) is 7. The average Bonchev–Trinajstić information content (AvgIpc) is 3.13. The summed E-state index contributed by atoms with van der Waals surface area (Å²) >= 11 is 0. The molecule has 3 aromatic heterocycles. The molecule has 0 saturated carbocycles. The second-order valence-corrected chi connectivity index (χ2v) is 6.45. The lowest BCUT2D eigenvalue weighted by Gasteiger charge is -2.34. The van der Waals surface area contributed by atoms with Gasteiger partial charge in [-0.15, -0.1) is 0 Å². The first-order chi connectivity index (χ1) is 11.6. The molecule has 0 radical (unpaired) electrons. The van der Waals surface area contributed by atoms with Gasteiger partial charge in [0.2, 0.25) is 0 Å². The van der Waals surface area contributed by atoms with Crippen LogP contribution in [0.25, 0.3) is 5.78 Å². The molecule has 0 spiro atoms. The standard InChI is InChI=1S/C16H22N8/c1-11-7-14(24-16(19-11)17-10-18-24)20-13-5-4-6-23(9-13)15-8-12(2)21-22(15)3/h7-8,10,13,20H,4-6,9H2,1-3H3. The highest BCUT2D eigenvalue weighted by Crippen LogP contribution is 2.22. The van der Waals surface area contributed by atoms with Gasteiger partial charge in [-0.3, -0.25) is 4.68 Å². The van der Waals surface area contributed by atoms with Crippen LogP contribution in [0.2, 0.25) is 0 Å². The highest BCUT2D eigenvalue weighted by atomic mass is 15.4. The van der Waals surface area contributed by atoms with E-state index in [-0.39, 0.29) is 0 Å². The first-order valence-electron chi connectivity index (χ1n) is 8.29. The Morgan fingerprint density at radius 1 is 1.21 bits per heavy atom. The highest BCUT2D eigenvalue weighted by Gasteiger charge is 2.23. The summed E-state index contributed by atoms with van der Waals surface area (Å²) in [6, 6.07) is 4.52. The Morgan fingerprint density at radius 2 is 2.08 bits per heavy atom. The van der Waals surface area contributed by atoms with Gasteiger partial charge in [0.25, 0.3) is 5.78 Å². The lowest BCUT2D eigenvalue weighted by Crippen LogP contribution is -2.43. The maximum atomic E-state index is 4.46. The van der Waals surface area contributed by atoms with E-state index < -0.39 is 0 Å². The maximum Gasteiger partial charge on any atom is 0.254 e. The van der Waals surface area contributed by atoms with Crippen molar-refractivity contribution in [1.82, 2.24) is 29.4 Å². The molecular weight excluding hydrogens is 304 g/mol. The van der Waals surface area contributed by atoms with Gasteiger partial charge in [0.1, 0.15) is 18.0 Å². The van der Waals surface area contributed by atoms with Gasteiger partial charge in [0, 0.05) is 44.0 Å². The summed E-state index contributed by atoms with van der Waals surface area (Å²) < 4.78 is 3.73. The van der Waals surface area contributed by atoms with Gasteiger partial charge in [-0.1, -0.05) is 0 Å². The highest BCUT2D eigenvalue weighted by molar-refractivity contribution is 5.47. The molecule has 0 bridgehead atoms. The van der Waals surface area contributed by atoms with Crippen LogP contribution < -0.4 is 10.2 Å². The molecule has 8 heteroatoms. The number of piperidine rings is 1. The van der Waals surface area contributed by atoms with E-state index in [1.807, 2.05) is 31.6 Å². The van der Waals surface area contributed by atoms with Crippen LogP contribution in [0.1, 0.15) is 24.2 Å². The molecule has 126 valence electrons. The van der Waals surface area contributed by atoms with Crippen LogP contribution in [0, 0.1) is 13.8 Å². The summed E-state index contributed by atoms with van der Waals surface area (Å²) in [4.78, 5) is 11.0. The minimum absolute atomic E-state index is 0.350. The van der Waals surface area contributed by atoms with Gasteiger partial charge < -0.3 is 10.2 Å². The van der Waals surface area contributed by atoms with Crippen molar-refractivity contribution in [3.8, 4) is 0 Å². The normalized spacial score (nSPS) is 18.3. The van der Waals surface area contributed by atoms with Crippen LogP contribution >= 0.6 is 0 Å². The number of anilines is 2. The Hall–Kier alpha value is -2.64. The molecule has 3 aromatic rings. The second-order valence-electron chi connectivity index (χ2n) is 6.45. The number of fused-ring (bicyclic) bond motifs is 1. The van der Waals surface area contributed by atoms with Crippen molar-refractivity contribution in [3.05, 3.63) is 29.8 Å². The largest absolute Gasteiger partial charge is 0.365 e. The zero-order chi connectivity index (χ0) is 16.7. The topological polar surface area (TPSA) is 76.2 Å². The predicted octanol–water partition coefficient (Wildman–Crippen LogP) is 1.56. The molecule has 4 heterocycles. The molecular formula is C16H22N8. The quantitative estimate of drug-likeness (QED) is 0.787. The van der Waals surface area contributed by atoms with E-state index in [0.717, 1.165) is 43.1 Å². The average molecular weight is 326 g/mol. The summed E-state index contributed by atoms with van der Waals surface area (Å²) in [7, 11) is 2.00. The number of hydrogen-bond acceptors (Lipinski definition) is 6. The van der Waals surface area contributed by atoms with Gasteiger partial charge in [0.15, 0.2) is 0 Å². The van der Waals surface area contributed by atoms with Crippen molar-refractivity contribution in [3.63, 3.8) is 0 Å². The number of rotatable bonds is 3. The predicted molar refractivity (Wildman–Crippen MR) is 92.3 cm³/mol. The van der Waals surface area contributed by atoms with Crippen molar-refractivity contribution >= 4 is 17.4 Å². The van der Waals surface area contributed by atoms with Crippen LogP contribution in [-0.2, 0) is 7.05 Å². The molecule has 1 atom stereocenters. The third-order valence-electron chi connectivity index (χ3n) is 4.45. The molecule has 1 aliphatic rings. The summed E-state index contributed by atoms with van der Waals surface area (Å²) in [5.74, 6) is 2.76. The number of hydrogen-bond donors (Lipinski definition) is 1. The van der Waals surface area contributed by atoms with Gasteiger partial charge in [-0.25, -0.2) is 4.98 Å². The SMILES string of the molecule is Cc1cc(NC2CCCN(c3cc(C)nn3C)C2)n2ncnc2n1. The zero-order valence-electron chi connectivity index (χ0n) is 14.3. The Bertz CT molecular complexity index is 864. The summed E-state index contributed by atoms with van der Waals surface area (Å²) in [6.07, 6.45) is 3.82. The van der Waals surface area contributed by atoms with Crippen molar-refractivity contribution < 1.29 is 0 Å². The van der Waals surface area contributed by atoms with E-state index in [2.05, 4.69) is 36.4 Å². The minimum Gasteiger partial charge on any atom is -0.365 e. The minimum atomic E-state index is 0.350. The lowest BCUT2D eigenvalue weighted by atomic mass is 10.1. The smallest absolute Gasteiger partial charge is 0.254 e. The van der Waals surface area contributed by atoms with Gasteiger partial charge in [0.05, 0.1) is 5.69 Å². The van der Waals surface area contributed by atoms with Gasteiger partial charge >= 0.3 is 0 Å². The third-order valence-corrected chi connectivity index (χ3v) is 4.45. The van der Waals surface area contributed by atoms with Crippen molar-refractivity contribution in [2.24, 2.45) is 7.05 Å². The third kappa shape index (κ3) is 2.68. The monoisotopic (exact) mass is 326 g/mol. The fraction of sp³-hybridized carbons (Fsp3) is 0.500.